The van der Waals surface area contributed by atoms with Gasteiger partial charge in [0.2, 0.25) is 0 Å². The number of nitrogens with one attached hydrogen (secondary N) is 2. The molecule has 5 nitrogen and oxygen atoms in total. The molecule has 0 aliphatic heterocycles. The normalized spacial score (nSPS) is 13.6. The number of aryl methyl sites for hydroxylation is 1. The third kappa shape index (κ3) is 4.65. The van der Waals surface area contributed by atoms with Gasteiger partial charge in [-0.15, -0.1) is 0 Å². The Hall–Kier alpha value is -2.53. The Morgan fingerprint density at radius 3 is 2.29 bits per heavy atom. The maximum atomic E-state index is 13.2. The number of benzene rings is 1. The van der Waals surface area contributed by atoms with E-state index in [9.17, 15) is 36.2 Å². The van der Waals surface area contributed by atoms with Crippen LogP contribution < -0.4 is 5.32 Å². The lowest BCUT2D eigenvalue weighted by Crippen LogP contribution is -2.25. The second-order valence-electron chi connectivity index (χ2n) is 6.01. The lowest BCUT2D eigenvalue weighted by atomic mass is 10.0. The van der Waals surface area contributed by atoms with Crippen molar-refractivity contribution in [3.63, 3.8) is 0 Å². The van der Waals surface area contributed by atoms with Crippen molar-refractivity contribution in [3.05, 3.63) is 57.9 Å². The van der Waals surface area contributed by atoms with Crippen molar-refractivity contribution in [1.29, 1.82) is 0 Å². The van der Waals surface area contributed by atoms with Crippen LogP contribution in [0.4, 0.5) is 26.3 Å². The van der Waals surface area contributed by atoms with E-state index >= 15 is 0 Å². The van der Waals surface area contributed by atoms with Crippen LogP contribution in [0.3, 0.4) is 0 Å². The Morgan fingerprint density at radius 1 is 1.14 bits per heavy atom. The number of aromatic carboxylic acids is 1. The number of hydrogen-bond acceptors (Lipinski definition) is 3. The summed E-state index contributed by atoms with van der Waals surface area (Å²) < 4.78 is 78.7. The summed E-state index contributed by atoms with van der Waals surface area (Å²) in [4.78, 5) is 13.4. The van der Waals surface area contributed by atoms with Gasteiger partial charge in [-0.25, -0.2) is 4.79 Å². The number of carboxylic acids is 1. The van der Waals surface area contributed by atoms with Crippen LogP contribution in [0.2, 0.25) is 0 Å². The van der Waals surface area contributed by atoms with E-state index in [1.165, 1.54) is 6.07 Å². The molecule has 1 heterocycles. The molecule has 1 aromatic carbocycles. The molecule has 1 aromatic heterocycles. The molecular formula is C17H16F6N2O3. The van der Waals surface area contributed by atoms with Gasteiger partial charge in [-0.05, 0) is 18.6 Å². The fraction of sp³-hybridized carbons (Fsp3) is 0.353. The minimum Gasteiger partial charge on any atom is -0.478 e. The highest BCUT2D eigenvalue weighted by Crippen LogP contribution is 2.37. The maximum absolute atomic E-state index is 13.2. The van der Waals surface area contributed by atoms with Crippen molar-refractivity contribution in [3.8, 4) is 0 Å². The van der Waals surface area contributed by atoms with Gasteiger partial charge in [0.05, 0.1) is 22.8 Å². The van der Waals surface area contributed by atoms with E-state index in [4.69, 9.17) is 5.11 Å². The van der Waals surface area contributed by atoms with Gasteiger partial charge in [0.25, 0.3) is 0 Å². The van der Waals surface area contributed by atoms with E-state index in [-0.39, 0.29) is 5.69 Å². The molecule has 154 valence electrons. The zero-order valence-corrected chi connectivity index (χ0v) is 14.4. The summed E-state index contributed by atoms with van der Waals surface area (Å²) in [5.74, 6) is -1.76. The number of halogens is 6. The van der Waals surface area contributed by atoms with Crippen LogP contribution in [0.15, 0.2) is 24.3 Å². The van der Waals surface area contributed by atoms with Gasteiger partial charge in [0.1, 0.15) is 0 Å². The Labute approximate surface area is 155 Å². The molecule has 0 aliphatic rings. The molecule has 0 saturated heterocycles. The minimum absolute atomic E-state index is 0.209. The molecule has 0 radical (unpaired) electrons. The van der Waals surface area contributed by atoms with Crippen LogP contribution in [0, 0.1) is 6.92 Å². The van der Waals surface area contributed by atoms with Crippen LogP contribution >= 0.6 is 0 Å². The van der Waals surface area contributed by atoms with Gasteiger partial charge in [-0.2, -0.15) is 26.3 Å². The largest absolute Gasteiger partial charge is 0.478 e. The van der Waals surface area contributed by atoms with Crippen molar-refractivity contribution in [1.82, 2.24) is 10.3 Å². The number of aromatic amines is 1. The van der Waals surface area contributed by atoms with Crippen LogP contribution in [-0.2, 0) is 18.9 Å². The molecule has 0 amide bonds. The van der Waals surface area contributed by atoms with E-state index in [0.717, 1.165) is 25.1 Å². The molecule has 4 N–H and O–H groups in total. The second kappa shape index (κ2) is 7.84. The zero-order chi connectivity index (χ0) is 21.3. The number of aromatic nitrogens is 1. The first kappa shape index (κ1) is 21.8. The topological polar surface area (TPSA) is 85.4 Å². The monoisotopic (exact) mass is 410 g/mol. The molecule has 2 rings (SSSR count). The number of aliphatic hydroxyl groups excluding tert-OH is 1. The molecule has 0 spiro atoms. The molecule has 1 atom stereocenters. The smallest absolute Gasteiger partial charge is 0.419 e. The second-order valence-corrected chi connectivity index (χ2v) is 6.01. The fourth-order valence-corrected chi connectivity index (χ4v) is 2.89. The molecular weight excluding hydrogens is 394 g/mol. The summed E-state index contributed by atoms with van der Waals surface area (Å²) in [6, 6.07) is 4.30. The SMILES string of the molecule is Cc1[nH]c(CNCC(O)c2ccccc2C(F)(F)F)c(C(F)(F)F)c1C(=O)O. The summed E-state index contributed by atoms with van der Waals surface area (Å²) in [5, 5.41) is 21.5. The number of hydrogen-bond donors (Lipinski definition) is 4. The third-order valence-corrected chi connectivity index (χ3v) is 4.03. The predicted octanol–water partition coefficient (Wildman–Crippen LogP) is 3.88. The number of alkyl halides is 6. The lowest BCUT2D eigenvalue weighted by Gasteiger charge is -2.18. The summed E-state index contributed by atoms with van der Waals surface area (Å²) in [6.45, 7) is 0.149. The lowest BCUT2D eigenvalue weighted by molar-refractivity contribution is -0.139. The van der Waals surface area contributed by atoms with Gasteiger partial charge in [-0.1, -0.05) is 18.2 Å². The molecule has 11 heteroatoms. The van der Waals surface area contributed by atoms with Crippen molar-refractivity contribution in [2.24, 2.45) is 0 Å². The summed E-state index contributed by atoms with van der Waals surface area (Å²) in [6.07, 6.45) is -11.3. The van der Waals surface area contributed by atoms with Gasteiger partial charge in [-0.3, -0.25) is 0 Å². The highest BCUT2D eigenvalue weighted by molar-refractivity contribution is 5.91. The average Bonchev–Trinajstić information content (AvgIpc) is 2.90. The average molecular weight is 410 g/mol. The zero-order valence-electron chi connectivity index (χ0n) is 14.4. The molecule has 0 bridgehead atoms. The quantitative estimate of drug-likeness (QED) is 0.545. The highest BCUT2D eigenvalue weighted by atomic mass is 19.4. The van der Waals surface area contributed by atoms with Gasteiger partial charge < -0.3 is 20.5 Å². The van der Waals surface area contributed by atoms with E-state index in [2.05, 4.69) is 10.3 Å². The van der Waals surface area contributed by atoms with Crippen LogP contribution in [0.5, 0.6) is 0 Å². The van der Waals surface area contributed by atoms with Gasteiger partial charge >= 0.3 is 18.3 Å². The number of aliphatic hydroxyl groups is 1. The van der Waals surface area contributed by atoms with E-state index in [1.807, 2.05) is 0 Å². The summed E-state index contributed by atoms with van der Waals surface area (Å²) >= 11 is 0. The van der Waals surface area contributed by atoms with E-state index in [1.54, 1.807) is 0 Å². The highest BCUT2D eigenvalue weighted by Gasteiger charge is 2.40. The maximum Gasteiger partial charge on any atom is 0.419 e. The molecule has 0 saturated carbocycles. The summed E-state index contributed by atoms with van der Waals surface area (Å²) in [5.41, 5.74) is -4.46. The molecule has 28 heavy (non-hydrogen) atoms. The number of H-pyrrole nitrogens is 1. The Morgan fingerprint density at radius 2 is 1.75 bits per heavy atom. The van der Waals surface area contributed by atoms with Gasteiger partial charge in [0.15, 0.2) is 0 Å². The fourth-order valence-electron chi connectivity index (χ4n) is 2.89. The van der Waals surface area contributed by atoms with Crippen molar-refractivity contribution < 1.29 is 41.4 Å². The standard InChI is InChI=1S/C17H16F6N2O3/c1-8-13(15(27)28)14(17(21,22)23)11(25-8)6-24-7-12(26)9-4-2-3-5-10(9)16(18,19)20/h2-5,12,24-26H,6-7H2,1H3,(H,27,28). The molecule has 0 aliphatic carbocycles. The van der Waals surface area contributed by atoms with Gasteiger partial charge in [0, 0.05) is 24.5 Å². The molecule has 2 aromatic rings. The Bertz CT molecular complexity index is 858. The predicted molar refractivity (Wildman–Crippen MR) is 85.6 cm³/mol. The van der Waals surface area contributed by atoms with Crippen molar-refractivity contribution in [2.45, 2.75) is 31.9 Å². The van der Waals surface area contributed by atoms with Crippen LogP contribution in [0.1, 0.15) is 44.5 Å². The molecule has 1 unspecified atom stereocenters. The number of rotatable bonds is 6. The van der Waals surface area contributed by atoms with Crippen LogP contribution in [-0.4, -0.2) is 27.7 Å². The molecule has 0 fully saturated rings. The summed E-state index contributed by atoms with van der Waals surface area (Å²) in [7, 11) is 0. The van der Waals surface area contributed by atoms with E-state index in [0.29, 0.717) is 0 Å². The first-order valence-corrected chi connectivity index (χ1v) is 7.90. The minimum atomic E-state index is -4.95. The number of carbonyl (C=O) groups is 1. The van der Waals surface area contributed by atoms with Crippen molar-refractivity contribution >= 4 is 5.97 Å². The van der Waals surface area contributed by atoms with Crippen LogP contribution in [0.25, 0.3) is 0 Å². The first-order chi connectivity index (χ1) is 12.8. The Balaban J connectivity index is 2.19. The first-order valence-electron chi connectivity index (χ1n) is 7.90. The van der Waals surface area contributed by atoms with E-state index < -0.39 is 65.5 Å². The third-order valence-electron chi connectivity index (χ3n) is 4.03. The number of carboxylic acid groups (broad SMARTS) is 1. The van der Waals surface area contributed by atoms with Crippen molar-refractivity contribution in [2.75, 3.05) is 6.54 Å². The Kier molecular flexibility index (Phi) is 6.09.